The molecule has 0 saturated carbocycles. The van der Waals surface area contributed by atoms with Crippen LogP contribution in [0.15, 0.2) is 370 Å². The topological polar surface area (TPSA) is 21.3 Å². The summed E-state index contributed by atoms with van der Waals surface area (Å²) in [5, 5.41) is 4.52. The van der Waals surface area contributed by atoms with Crippen LogP contribution in [0.2, 0.25) is 0 Å². The van der Waals surface area contributed by atoms with Gasteiger partial charge in [0.1, 0.15) is 0 Å². The lowest BCUT2D eigenvalue weighted by molar-refractivity contribution is 0.590. The Kier molecular flexibility index (Phi) is 12.1. The minimum absolute atomic E-state index is 0.0112. The summed E-state index contributed by atoms with van der Waals surface area (Å²) in [5.41, 5.74) is 25.5. The fourth-order valence-corrected chi connectivity index (χ4v) is 17.1. The van der Waals surface area contributed by atoms with Crippen LogP contribution >= 0.6 is 0 Å². The van der Waals surface area contributed by atoms with E-state index in [1.165, 1.54) is 16.3 Å². The zero-order valence-corrected chi connectivity index (χ0v) is 58.4. The Balaban J connectivity index is 0.923. The highest BCUT2D eigenvalue weighted by atomic mass is 15.2. The van der Waals surface area contributed by atoms with Crippen molar-refractivity contribution >= 4 is 123 Å². The van der Waals surface area contributed by atoms with Gasteiger partial charge in [0.25, 0.3) is 6.71 Å². The average Bonchev–Trinajstić information content (AvgIpc) is 1.46. The molecule has 16 aromatic carbocycles. The molecule has 5 heterocycles. The Morgan fingerprint density at radius 3 is 1.11 bits per heavy atom. The van der Waals surface area contributed by atoms with Crippen LogP contribution in [-0.4, -0.2) is 20.4 Å². The maximum Gasteiger partial charge on any atom is 0.252 e. The highest BCUT2D eigenvalue weighted by molar-refractivity contribution is 7.00. The standard InChI is InChI=1S/C100H70BN5/c1-100(2,3)75-36-26-35-69(55-75)70-47-50-87-95(60-70)105(78-56-71(65-27-8-4-9-28-65)53-72(57-78)66-29-10-5-11-30-66)97-63-80(104-91-44-23-18-39-83(91)84-40-19-24-45-92(84)104)64-98-99(97)101(87)88-51-48-77(62-96(88)106(98)79-58-73(67-31-12-6-13-32-67)54-74(59-79)68-33-14-7-15-34-68)103-93-46-25-20-41-85(93)86-61-76(49-52-94(86)103)102-89-42-21-16-37-81(89)82-38-17-22-43-90(82)102/h4-64H,1-3H3/i18D,19D,23D,24D,39D,40D,44D,45D. The molecule has 2 aliphatic heterocycles. The molecular formula is C100H70BN5. The molecule has 0 bridgehead atoms. The Morgan fingerprint density at radius 1 is 0.245 bits per heavy atom. The highest BCUT2D eigenvalue weighted by Crippen LogP contribution is 2.51. The van der Waals surface area contributed by atoms with Gasteiger partial charge in [-0.2, -0.15) is 0 Å². The van der Waals surface area contributed by atoms with E-state index in [0.29, 0.717) is 5.69 Å². The van der Waals surface area contributed by atoms with Crippen molar-refractivity contribution in [2.75, 3.05) is 9.80 Å². The maximum atomic E-state index is 10.1. The molecule has 0 fully saturated rings. The normalized spacial score (nSPS) is 13.7. The number of nitrogens with zero attached hydrogens (tertiary/aromatic N) is 5. The fourth-order valence-electron chi connectivity index (χ4n) is 17.1. The number of anilines is 6. The van der Waals surface area contributed by atoms with Crippen molar-refractivity contribution in [2.24, 2.45) is 0 Å². The predicted molar refractivity (Wildman–Crippen MR) is 449 cm³/mol. The third-order valence-electron chi connectivity index (χ3n) is 21.9. The zero-order valence-electron chi connectivity index (χ0n) is 66.4. The summed E-state index contributed by atoms with van der Waals surface area (Å²) in [7, 11) is 0. The van der Waals surface area contributed by atoms with Crippen LogP contribution < -0.4 is 26.2 Å². The molecule has 0 N–H and O–H groups in total. The lowest BCUT2D eigenvalue weighted by atomic mass is 9.33. The average molecular weight is 1360 g/mol. The van der Waals surface area contributed by atoms with E-state index in [1.54, 1.807) is 4.57 Å². The molecule has 0 unspecified atom stereocenters. The van der Waals surface area contributed by atoms with Gasteiger partial charge in [0.05, 0.1) is 49.8 Å². The van der Waals surface area contributed by atoms with Gasteiger partial charge in [-0.3, -0.25) is 0 Å². The predicted octanol–water partition coefficient (Wildman–Crippen LogP) is 24.7. The van der Waals surface area contributed by atoms with E-state index in [4.69, 9.17) is 0 Å². The molecule has 21 rings (SSSR count). The molecule has 5 nitrogen and oxygen atoms in total. The Labute approximate surface area is 627 Å². The van der Waals surface area contributed by atoms with Crippen LogP contribution in [0.5, 0.6) is 0 Å². The van der Waals surface area contributed by atoms with Crippen LogP contribution in [0.3, 0.4) is 0 Å². The summed E-state index contributed by atoms with van der Waals surface area (Å²) in [6.07, 6.45) is 0. The van der Waals surface area contributed by atoms with E-state index in [2.05, 4.69) is 337 Å². The first-order valence-corrected chi connectivity index (χ1v) is 36.2. The van der Waals surface area contributed by atoms with E-state index in [-0.39, 0.29) is 39.3 Å². The van der Waals surface area contributed by atoms with Gasteiger partial charge in [-0.1, -0.05) is 275 Å². The molecular weight excluding hydrogens is 1280 g/mol. The quantitative estimate of drug-likeness (QED) is 0.127. The highest BCUT2D eigenvalue weighted by Gasteiger charge is 2.45. The molecule has 3 aromatic heterocycles. The first-order valence-electron chi connectivity index (χ1n) is 40.2. The largest absolute Gasteiger partial charge is 0.311 e. The molecule has 2 aliphatic rings. The van der Waals surface area contributed by atoms with Crippen molar-refractivity contribution in [3.63, 3.8) is 0 Å². The van der Waals surface area contributed by atoms with Crippen molar-refractivity contribution in [1.82, 2.24) is 13.7 Å². The van der Waals surface area contributed by atoms with Gasteiger partial charge in [-0.25, -0.2) is 0 Å². The summed E-state index contributed by atoms with van der Waals surface area (Å²) in [4.78, 5) is 4.76. The molecule has 0 atom stereocenters. The summed E-state index contributed by atoms with van der Waals surface area (Å²) in [6, 6.07) is 111. The van der Waals surface area contributed by atoms with Crippen LogP contribution in [0, 0.1) is 0 Å². The summed E-state index contributed by atoms with van der Waals surface area (Å²) >= 11 is 0. The van der Waals surface area contributed by atoms with Crippen molar-refractivity contribution in [1.29, 1.82) is 0 Å². The third-order valence-corrected chi connectivity index (χ3v) is 21.9. The van der Waals surface area contributed by atoms with Crippen LogP contribution in [-0.2, 0) is 5.41 Å². The van der Waals surface area contributed by atoms with Crippen LogP contribution in [0.25, 0.3) is 138 Å². The lowest BCUT2D eigenvalue weighted by Crippen LogP contribution is -2.61. The van der Waals surface area contributed by atoms with Gasteiger partial charge in [0.15, 0.2) is 0 Å². The van der Waals surface area contributed by atoms with E-state index >= 15 is 0 Å². The number of hydrogen-bond acceptors (Lipinski definition) is 2. The van der Waals surface area contributed by atoms with Gasteiger partial charge >= 0.3 is 0 Å². The number of para-hydroxylation sites is 5. The molecule has 0 aliphatic carbocycles. The molecule has 6 heteroatoms. The van der Waals surface area contributed by atoms with Crippen molar-refractivity contribution in [2.45, 2.75) is 26.2 Å². The van der Waals surface area contributed by atoms with Crippen molar-refractivity contribution in [3.8, 4) is 72.7 Å². The van der Waals surface area contributed by atoms with Crippen LogP contribution in [0.1, 0.15) is 37.3 Å². The number of rotatable bonds is 10. The number of aromatic nitrogens is 3. The second-order valence-electron chi connectivity index (χ2n) is 29.1. The first kappa shape index (κ1) is 53.4. The van der Waals surface area contributed by atoms with Crippen molar-refractivity contribution in [3.05, 3.63) is 375 Å². The minimum atomic E-state index is -0.514. The third kappa shape index (κ3) is 9.78. The second kappa shape index (κ2) is 24.1. The van der Waals surface area contributed by atoms with Crippen molar-refractivity contribution < 1.29 is 11.0 Å². The molecule has 498 valence electrons. The molecule has 0 saturated heterocycles. The second-order valence-corrected chi connectivity index (χ2v) is 29.1. The van der Waals surface area contributed by atoms with Gasteiger partial charge in [0.2, 0.25) is 0 Å². The number of hydrogen-bond donors (Lipinski definition) is 0. The zero-order chi connectivity index (χ0) is 77.3. The van der Waals surface area contributed by atoms with E-state index in [1.807, 2.05) is 24.3 Å². The van der Waals surface area contributed by atoms with Crippen LogP contribution in [0.4, 0.5) is 34.1 Å². The molecule has 106 heavy (non-hydrogen) atoms. The van der Waals surface area contributed by atoms with Gasteiger partial charge in [-0.05, 0) is 198 Å². The number of benzene rings is 16. The first-order chi connectivity index (χ1) is 55.5. The lowest BCUT2D eigenvalue weighted by Gasteiger charge is -2.45. The van der Waals surface area contributed by atoms with E-state index < -0.39 is 43.0 Å². The molecule has 0 spiro atoms. The molecule has 0 amide bonds. The maximum absolute atomic E-state index is 10.1. The Bertz CT molecular complexity index is 7030. The molecule has 19 aromatic rings. The summed E-state index contributed by atoms with van der Waals surface area (Å²) < 4.78 is 83.8. The van der Waals surface area contributed by atoms with E-state index in [9.17, 15) is 11.0 Å². The smallest absolute Gasteiger partial charge is 0.252 e. The molecule has 0 radical (unpaired) electrons. The summed E-state index contributed by atoms with van der Waals surface area (Å²) in [6.45, 7) is 6.23. The fraction of sp³-hybridized carbons (Fsp3) is 0.0400. The Morgan fingerprint density at radius 2 is 0.623 bits per heavy atom. The van der Waals surface area contributed by atoms with Gasteiger partial charge in [0, 0.05) is 77.8 Å². The number of fused-ring (bicyclic) bond motifs is 13. The Hall–Kier alpha value is -13.4. The van der Waals surface area contributed by atoms with E-state index in [0.717, 1.165) is 150 Å². The monoisotopic (exact) mass is 1360 g/mol. The SMILES string of the molecule is [2H]c1c([2H])c([2H])c2c(c1[2H])c1c([2H])c([2H])c([2H])c([2H])c1n2-c1cc2c3c(c1)N(c1cc(-c4ccccc4)cc(-c4ccccc4)c1)c1cc(-n4c5ccccc5c5cc(-n6c7ccccc7c7ccccc76)ccc54)ccc1B3c1ccc(-c3cccc(C(C)(C)C)c3)cc1N2c1cc(-c2ccccc2)cc(-c2ccccc2)c1. The minimum Gasteiger partial charge on any atom is -0.311 e. The summed E-state index contributed by atoms with van der Waals surface area (Å²) in [5.74, 6) is 0. The van der Waals surface area contributed by atoms with Gasteiger partial charge in [-0.15, -0.1) is 0 Å². The van der Waals surface area contributed by atoms with Gasteiger partial charge < -0.3 is 23.5 Å².